The van der Waals surface area contributed by atoms with E-state index < -0.39 is 23.0 Å². The fourth-order valence-electron chi connectivity index (χ4n) is 4.35. The third-order valence-electron chi connectivity index (χ3n) is 5.55. The molecule has 3 aliphatic heterocycles. The maximum Gasteiger partial charge on any atom is 0.241 e. The lowest BCUT2D eigenvalue weighted by molar-refractivity contribution is -0.128. The molecule has 25 heavy (non-hydrogen) atoms. The van der Waals surface area contributed by atoms with Crippen LogP contribution in [0, 0.1) is 11.8 Å². The number of methoxy groups -OCH3 is 1. The molecular weight excluding hydrogens is 322 g/mol. The molecule has 6 nitrogen and oxygen atoms in total. The minimum atomic E-state index is -0.785. The molecule has 130 valence electrons. The first kappa shape index (κ1) is 16.0. The van der Waals surface area contributed by atoms with Crippen molar-refractivity contribution in [2.24, 2.45) is 11.8 Å². The molecule has 1 aromatic carbocycles. The van der Waals surface area contributed by atoms with Gasteiger partial charge < -0.3 is 9.47 Å². The summed E-state index contributed by atoms with van der Waals surface area (Å²) in [6, 6.07) is 4.76. The highest BCUT2D eigenvalue weighted by Gasteiger charge is 2.70. The second-order valence-corrected chi connectivity index (χ2v) is 7.21. The summed E-state index contributed by atoms with van der Waals surface area (Å²) in [5, 5.41) is 0. The van der Waals surface area contributed by atoms with E-state index >= 15 is 0 Å². The lowest BCUT2D eigenvalue weighted by atomic mass is 9.73. The quantitative estimate of drug-likeness (QED) is 0.478. The van der Waals surface area contributed by atoms with Crippen molar-refractivity contribution in [2.75, 3.05) is 12.0 Å². The third kappa shape index (κ3) is 1.91. The lowest BCUT2D eigenvalue weighted by Gasteiger charge is -2.26. The van der Waals surface area contributed by atoms with E-state index in [1.807, 2.05) is 26.0 Å². The van der Waals surface area contributed by atoms with Gasteiger partial charge in [0.25, 0.3) is 0 Å². The van der Waals surface area contributed by atoms with Gasteiger partial charge in [0, 0.05) is 5.56 Å². The van der Waals surface area contributed by atoms with Crippen LogP contribution < -0.4 is 9.64 Å². The molecule has 4 atom stereocenters. The zero-order valence-corrected chi connectivity index (χ0v) is 14.5. The monoisotopic (exact) mass is 341 g/mol. The number of hydrogen-bond donors (Lipinski definition) is 0. The number of fused-ring (bicyclic) bond motifs is 5. The van der Waals surface area contributed by atoms with Gasteiger partial charge in [0.2, 0.25) is 11.8 Å². The van der Waals surface area contributed by atoms with Crippen molar-refractivity contribution in [1.29, 1.82) is 0 Å². The van der Waals surface area contributed by atoms with Crippen LogP contribution in [0.15, 0.2) is 30.4 Å². The molecule has 3 heterocycles. The molecule has 0 saturated carbocycles. The minimum absolute atomic E-state index is 0.146. The Morgan fingerprint density at radius 1 is 1.12 bits per heavy atom. The fraction of sp³-hybridized carbons (Fsp3) is 0.421. The Kier molecular flexibility index (Phi) is 3.07. The van der Waals surface area contributed by atoms with Gasteiger partial charge in [-0.2, -0.15) is 0 Å². The Labute approximate surface area is 145 Å². The summed E-state index contributed by atoms with van der Waals surface area (Å²) < 4.78 is 11.3. The van der Waals surface area contributed by atoms with Crippen LogP contribution in [-0.4, -0.2) is 35.9 Å². The average Bonchev–Trinajstić information content (AvgIpc) is 3.11. The molecule has 2 fully saturated rings. The molecule has 6 heteroatoms. The predicted molar refractivity (Wildman–Crippen MR) is 89.5 cm³/mol. The van der Waals surface area contributed by atoms with Crippen LogP contribution in [0.1, 0.15) is 31.1 Å². The molecule has 3 aliphatic rings. The van der Waals surface area contributed by atoms with E-state index in [0.29, 0.717) is 17.0 Å². The number of amides is 2. The van der Waals surface area contributed by atoms with Crippen molar-refractivity contribution >= 4 is 23.3 Å². The number of carbonyl (C=O) groups is 3. The Hall–Kier alpha value is -2.47. The molecular formula is C19H19NO5. The first-order valence-electron chi connectivity index (χ1n) is 8.19. The fourth-order valence-corrected chi connectivity index (χ4v) is 4.35. The standard InChI is InChI=1S/C19H19NO5/c1-10(21)11-5-6-13(24-4)12(9-11)20-16(22)14-15(17(20)23)19(3)8-7-18(14,2)25-19/h5-9,14-15H,1-4H3/t14-,15-,18-,19-/m1/s1. The number of hydrogen-bond acceptors (Lipinski definition) is 5. The maximum absolute atomic E-state index is 13.1. The zero-order valence-electron chi connectivity index (χ0n) is 14.5. The van der Waals surface area contributed by atoms with Crippen molar-refractivity contribution in [3.8, 4) is 5.75 Å². The number of Topliss-reactive ketones (excluding diaryl/α,β-unsaturated/α-hetero) is 1. The number of carbonyl (C=O) groups excluding carboxylic acids is 3. The second-order valence-electron chi connectivity index (χ2n) is 7.21. The van der Waals surface area contributed by atoms with Gasteiger partial charge in [0.05, 0.1) is 35.8 Å². The van der Waals surface area contributed by atoms with Gasteiger partial charge in [-0.3, -0.25) is 14.4 Å². The molecule has 2 bridgehead atoms. The van der Waals surface area contributed by atoms with Crippen LogP contribution >= 0.6 is 0 Å². The summed E-state index contributed by atoms with van der Waals surface area (Å²) >= 11 is 0. The highest BCUT2D eigenvalue weighted by Crippen LogP contribution is 2.58. The second kappa shape index (κ2) is 4.79. The summed E-state index contributed by atoms with van der Waals surface area (Å²) in [7, 11) is 1.47. The number of benzene rings is 1. The maximum atomic E-state index is 13.1. The van der Waals surface area contributed by atoms with Crippen LogP contribution in [0.5, 0.6) is 5.75 Å². The summed E-state index contributed by atoms with van der Waals surface area (Å²) in [5.74, 6) is -1.54. The van der Waals surface area contributed by atoms with E-state index in [4.69, 9.17) is 9.47 Å². The predicted octanol–water partition coefficient (Wildman–Crippen LogP) is 2.12. The van der Waals surface area contributed by atoms with Crippen molar-refractivity contribution in [1.82, 2.24) is 0 Å². The summed E-state index contributed by atoms with van der Waals surface area (Å²) in [4.78, 5) is 39.2. The average molecular weight is 341 g/mol. The van der Waals surface area contributed by atoms with Crippen LogP contribution in [0.3, 0.4) is 0 Å². The Balaban J connectivity index is 1.84. The van der Waals surface area contributed by atoms with Gasteiger partial charge in [-0.25, -0.2) is 4.90 Å². The highest BCUT2D eigenvalue weighted by atomic mass is 16.5. The van der Waals surface area contributed by atoms with Gasteiger partial charge in [-0.05, 0) is 39.0 Å². The van der Waals surface area contributed by atoms with Crippen molar-refractivity contribution in [2.45, 2.75) is 32.0 Å². The van der Waals surface area contributed by atoms with Crippen LogP contribution in [0.2, 0.25) is 0 Å². The van der Waals surface area contributed by atoms with E-state index in [9.17, 15) is 14.4 Å². The van der Waals surface area contributed by atoms with E-state index in [2.05, 4.69) is 0 Å². The molecule has 0 spiro atoms. The van der Waals surface area contributed by atoms with Gasteiger partial charge in [0.1, 0.15) is 5.75 Å². The van der Waals surface area contributed by atoms with Crippen molar-refractivity contribution < 1.29 is 23.9 Å². The largest absolute Gasteiger partial charge is 0.495 e. The normalized spacial score (nSPS) is 35.4. The molecule has 2 amide bonds. The number of rotatable bonds is 3. The van der Waals surface area contributed by atoms with Crippen molar-refractivity contribution in [3.05, 3.63) is 35.9 Å². The Morgan fingerprint density at radius 3 is 2.16 bits per heavy atom. The Bertz CT molecular complexity index is 823. The number of anilines is 1. The van der Waals surface area contributed by atoms with Gasteiger partial charge >= 0.3 is 0 Å². The van der Waals surface area contributed by atoms with Crippen LogP contribution in [-0.2, 0) is 14.3 Å². The summed E-state index contributed by atoms with van der Waals surface area (Å²) in [6.07, 6.45) is 3.73. The lowest BCUT2D eigenvalue weighted by Crippen LogP contribution is -2.39. The van der Waals surface area contributed by atoms with Gasteiger partial charge in [0.15, 0.2) is 5.78 Å². The van der Waals surface area contributed by atoms with Crippen LogP contribution in [0.4, 0.5) is 5.69 Å². The smallest absolute Gasteiger partial charge is 0.241 e. The van der Waals surface area contributed by atoms with E-state index in [1.165, 1.54) is 14.0 Å². The van der Waals surface area contributed by atoms with Crippen LogP contribution in [0.25, 0.3) is 0 Å². The topological polar surface area (TPSA) is 72.9 Å². The van der Waals surface area contributed by atoms with E-state index in [0.717, 1.165) is 4.90 Å². The molecule has 2 saturated heterocycles. The molecule has 0 aliphatic carbocycles. The summed E-state index contributed by atoms with van der Waals surface area (Å²) in [6.45, 7) is 5.10. The molecule has 0 aromatic heterocycles. The molecule has 0 N–H and O–H groups in total. The number of nitrogens with zero attached hydrogens (tertiary/aromatic N) is 1. The van der Waals surface area contributed by atoms with E-state index in [-0.39, 0.29) is 17.6 Å². The molecule has 4 rings (SSSR count). The minimum Gasteiger partial charge on any atom is -0.495 e. The molecule has 1 aromatic rings. The van der Waals surface area contributed by atoms with Crippen molar-refractivity contribution in [3.63, 3.8) is 0 Å². The van der Waals surface area contributed by atoms with Gasteiger partial charge in [-0.15, -0.1) is 0 Å². The Morgan fingerprint density at radius 2 is 1.68 bits per heavy atom. The molecule has 0 radical (unpaired) electrons. The third-order valence-corrected chi connectivity index (χ3v) is 5.55. The zero-order chi connectivity index (χ0) is 18.1. The molecule has 0 unspecified atom stereocenters. The number of imide groups is 1. The van der Waals surface area contributed by atoms with E-state index in [1.54, 1.807) is 18.2 Å². The van der Waals surface area contributed by atoms with Gasteiger partial charge in [-0.1, -0.05) is 12.2 Å². The number of ketones is 1. The first-order chi connectivity index (χ1) is 11.7. The highest BCUT2D eigenvalue weighted by molar-refractivity contribution is 6.24. The summed E-state index contributed by atoms with van der Waals surface area (Å²) in [5.41, 5.74) is -0.840. The SMILES string of the molecule is COc1ccc(C(C)=O)cc1N1C(=O)[C@H]2[C@H](C1=O)[C@@]1(C)C=C[C@@]2(C)O1. The number of ether oxygens (including phenoxy) is 2. The first-order valence-corrected chi connectivity index (χ1v) is 8.19.